The van der Waals surface area contributed by atoms with E-state index in [9.17, 15) is 4.79 Å². The normalized spacial score (nSPS) is 13.6. The first kappa shape index (κ1) is 20.4. The zero-order valence-corrected chi connectivity index (χ0v) is 18.5. The van der Waals surface area contributed by atoms with Crippen LogP contribution in [0.25, 0.3) is 11.0 Å². The lowest BCUT2D eigenvalue weighted by molar-refractivity contribution is 0.102. The fraction of sp³-hybridized carbons (Fsp3) is 0.375. The van der Waals surface area contributed by atoms with Crippen molar-refractivity contribution in [2.24, 2.45) is 0 Å². The lowest BCUT2D eigenvalue weighted by atomic mass is 10.1. The summed E-state index contributed by atoms with van der Waals surface area (Å²) in [5.41, 5.74) is 4.31. The number of hydrogen-bond donors (Lipinski definition) is 1. The van der Waals surface area contributed by atoms with E-state index in [2.05, 4.69) is 27.4 Å². The van der Waals surface area contributed by atoms with Crippen LogP contribution in [0.3, 0.4) is 0 Å². The van der Waals surface area contributed by atoms with Crippen LogP contribution in [0.1, 0.15) is 65.8 Å². The van der Waals surface area contributed by atoms with Gasteiger partial charge in [-0.3, -0.25) is 10.1 Å². The summed E-state index contributed by atoms with van der Waals surface area (Å²) in [6.07, 6.45) is 5.97. The van der Waals surface area contributed by atoms with Gasteiger partial charge in [-0.05, 0) is 37.8 Å². The Morgan fingerprint density at radius 2 is 2.00 bits per heavy atom. The van der Waals surface area contributed by atoms with Crippen LogP contribution in [0.4, 0.5) is 5.95 Å². The first-order chi connectivity index (χ1) is 15.6. The molecule has 0 spiro atoms. The van der Waals surface area contributed by atoms with Crippen molar-refractivity contribution in [3.63, 3.8) is 0 Å². The van der Waals surface area contributed by atoms with Gasteiger partial charge in [0, 0.05) is 18.2 Å². The van der Waals surface area contributed by atoms with Crippen molar-refractivity contribution >= 4 is 22.9 Å². The molecule has 0 saturated heterocycles. The first-order valence-corrected chi connectivity index (χ1v) is 11.2. The number of anilines is 1. The van der Waals surface area contributed by atoms with Gasteiger partial charge in [0.15, 0.2) is 5.65 Å². The second kappa shape index (κ2) is 8.53. The molecule has 1 aliphatic rings. The maximum Gasteiger partial charge on any atom is 0.258 e. The van der Waals surface area contributed by atoms with E-state index < -0.39 is 0 Å². The van der Waals surface area contributed by atoms with Crippen molar-refractivity contribution in [3.8, 4) is 0 Å². The molecular formula is C24H27N7O. The fourth-order valence-corrected chi connectivity index (χ4v) is 3.97. The van der Waals surface area contributed by atoms with E-state index in [4.69, 9.17) is 4.98 Å². The smallest absolute Gasteiger partial charge is 0.258 e. The lowest BCUT2D eigenvalue weighted by Crippen LogP contribution is -2.15. The Balaban J connectivity index is 1.43. The Bertz CT molecular complexity index is 1250. The van der Waals surface area contributed by atoms with Crippen LogP contribution in [0.2, 0.25) is 0 Å². The Morgan fingerprint density at radius 1 is 1.19 bits per heavy atom. The summed E-state index contributed by atoms with van der Waals surface area (Å²) in [4.78, 5) is 22.5. The average molecular weight is 430 g/mol. The maximum absolute atomic E-state index is 13.3. The van der Waals surface area contributed by atoms with Crippen LogP contribution in [0.5, 0.6) is 0 Å². The molecule has 1 aromatic carbocycles. The number of aryl methyl sites for hydroxylation is 2. The summed E-state index contributed by atoms with van der Waals surface area (Å²) in [5, 5.41) is 12.8. The molecule has 5 rings (SSSR count). The number of fused-ring (bicyclic) bond motifs is 1. The van der Waals surface area contributed by atoms with E-state index >= 15 is 0 Å². The van der Waals surface area contributed by atoms with Gasteiger partial charge in [0.05, 0.1) is 23.2 Å². The molecule has 8 heteroatoms. The number of aromatic nitrogens is 6. The zero-order chi connectivity index (χ0) is 22.1. The highest BCUT2D eigenvalue weighted by Crippen LogP contribution is 2.40. The Hall–Kier alpha value is -3.55. The van der Waals surface area contributed by atoms with Gasteiger partial charge in [-0.25, -0.2) is 19.3 Å². The summed E-state index contributed by atoms with van der Waals surface area (Å²) in [5.74, 6) is 0.499. The third-order valence-corrected chi connectivity index (χ3v) is 5.81. The molecule has 0 radical (unpaired) electrons. The number of carbonyl (C=O) groups is 1. The van der Waals surface area contributed by atoms with Crippen LogP contribution in [-0.2, 0) is 13.1 Å². The van der Waals surface area contributed by atoms with Crippen LogP contribution in [0, 0.1) is 6.92 Å². The van der Waals surface area contributed by atoms with Crippen molar-refractivity contribution in [3.05, 3.63) is 65.2 Å². The van der Waals surface area contributed by atoms with Crippen LogP contribution in [-0.4, -0.2) is 35.4 Å². The Kier molecular flexibility index (Phi) is 5.43. The van der Waals surface area contributed by atoms with E-state index in [1.807, 2.05) is 48.0 Å². The molecule has 164 valence electrons. The minimum atomic E-state index is -0.227. The molecule has 4 aromatic rings. The van der Waals surface area contributed by atoms with Gasteiger partial charge < -0.3 is 0 Å². The van der Waals surface area contributed by atoms with E-state index in [0.29, 0.717) is 24.0 Å². The predicted octanol–water partition coefficient (Wildman–Crippen LogP) is 4.31. The minimum Gasteiger partial charge on any atom is -0.289 e. The molecule has 1 fully saturated rings. The largest absolute Gasteiger partial charge is 0.289 e. The summed E-state index contributed by atoms with van der Waals surface area (Å²) < 4.78 is 3.67. The number of nitrogens with one attached hydrogen (secondary N) is 1. The molecule has 0 aliphatic heterocycles. The summed E-state index contributed by atoms with van der Waals surface area (Å²) >= 11 is 0. The van der Waals surface area contributed by atoms with Crippen molar-refractivity contribution in [1.82, 2.24) is 29.5 Å². The number of benzene rings is 1. The monoisotopic (exact) mass is 429 g/mol. The molecular weight excluding hydrogens is 402 g/mol. The average Bonchev–Trinajstić information content (AvgIpc) is 3.49. The number of hydrogen-bond acceptors (Lipinski definition) is 5. The molecule has 8 nitrogen and oxygen atoms in total. The maximum atomic E-state index is 13.3. The predicted molar refractivity (Wildman–Crippen MR) is 123 cm³/mol. The van der Waals surface area contributed by atoms with Crippen LogP contribution < -0.4 is 5.32 Å². The third kappa shape index (κ3) is 4.12. The number of nitrogens with zero attached hydrogens (tertiary/aromatic N) is 6. The molecule has 1 N–H and O–H groups in total. The first-order valence-electron chi connectivity index (χ1n) is 11.2. The van der Waals surface area contributed by atoms with Gasteiger partial charge in [0.25, 0.3) is 5.91 Å². The number of carbonyl (C=O) groups excluding carboxylic acids is 1. The van der Waals surface area contributed by atoms with E-state index in [-0.39, 0.29) is 5.91 Å². The van der Waals surface area contributed by atoms with Gasteiger partial charge in [0.2, 0.25) is 5.95 Å². The Morgan fingerprint density at radius 3 is 2.75 bits per heavy atom. The molecule has 1 amide bonds. The molecule has 32 heavy (non-hydrogen) atoms. The van der Waals surface area contributed by atoms with Gasteiger partial charge in [-0.15, -0.1) is 5.10 Å². The lowest BCUT2D eigenvalue weighted by Gasteiger charge is -2.08. The van der Waals surface area contributed by atoms with Crippen molar-refractivity contribution in [2.45, 2.75) is 58.5 Å². The standard InChI is InChI=1S/C24H27N7O/c1-3-4-12-31-22-21(16(2)28-31)19(13-20(26-22)18-10-11-18)23(32)27-24-25-15-30(29-24)14-17-8-6-5-7-9-17/h5-9,13,15,18H,3-4,10-12,14H2,1-2H3,(H,27,29,32). The molecule has 1 saturated carbocycles. The second-order valence-electron chi connectivity index (χ2n) is 8.44. The van der Waals surface area contributed by atoms with Gasteiger partial charge in [-0.1, -0.05) is 43.7 Å². The molecule has 1 aliphatic carbocycles. The molecule has 0 unspecified atom stereocenters. The van der Waals surface area contributed by atoms with E-state index in [1.54, 1.807) is 11.0 Å². The number of rotatable bonds is 8. The highest BCUT2D eigenvalue weighted by atomic mass is 16.1. The quantitative estimate of drug-likeness (QED) is 0.451. The van der Waals surface area contributed by atoms with Crippen LogP contribution in [0.15, 0.2) is 42.7 Å². The van der Waals surface area contributed by atoms with Gasteiger partial charge >= 0.3 is 0 Å². The number of unbranched alkanes of at least 4 members (excludes halogenated alkanes) is 1. The zero-order valence-electron chi connectivity index (χ0n) is 18.5. The van der Waals surface area contributed by atoms with Gasteiger partial charge in [0.1, 0.15) is 6.33 Å². The van der Waals surface area contributed by atoms with E-state index in [1.165, 1.54) is 0 Å². The molecule has 0 atom stereocenters. The molecule has 0 bridgehead atoms. The SMILES string of the molecule is CCCCn1nc(C)c2c(C(=O)Nc3ncn(Cc4ccccc4)n3)cc(C3CC3)nc21. The molecule has 3 aromatic heterocycles. The van der Waals surface area contributed by atoms with E-state index in [0.717, 1.165) is 60.2 Å². The number of pyridine rings is 1. The van der Waals surface area contributed by atoms with Crippen molar-refractivity contribution < 1.29 is 4.79 Å². The highest BCUT2D eigenvalue weighted by molar-refractivity contribution is 6.12. The summed E-state index contributed by atoms with van der Waals surface area (Å²) in [6, 6.07) is 12.0. The summed E-state index contributed by atoms with van der Waals surface area (Å²) in [6.45, 7) is 5.49. The highest BCUT2D eigenvalue weighted by Gasteiger charge is 2.29. The number of amides is 1. The fourth-order valence-electron chi connectivity index (χ4n) is 3.97. The third-order valence-electron chi connectivity index (χ3n) is 5.81. The Labute approximate surface area is 186 Å². The van der Waals surface area contributed by atoms with Gasteiger partial charge in [-0.2, -0.15) is 5.10 Å². The van der Waals surface area contributed by atoms with Crippen LogP contribution >= 0.6 is 0 Å². The second-order valence-corrected chi connectivity index (χ2v) is 8.44. The van der Waals surface area contributed by atoms with Crippen molar-refractivity contribution in [2.75, 3.05) is 5.32 Å². The topological polar surface area (TPSA) is 90.5 Å². The summed E-state index contributed by atoms with van der Waals surface area (Å²) in [7, 11) is 0. The minimum absolute atomic E-state index is 0.227. The molecule has 3 heterocycles. The van der Waals surface area contributed by atoms with Crippen molar-refractivity contribution in [1.29, 1.82) is 0 Å².